The summed E-state index contributed by atoms with van der Waals surface area (Å²) < 4.78 is 0. The number of hydroxylamine groups is 1. The molecule has 1 aliphatic rings. The van der Waals surface area contributed by atoms with Crippen LogP contribution in [0.1, 0.15) is 38.5 Å². The zero-order valence-corrected chi connectivity index (χ0v) is 17.2. The molecule has 6 N–H and O–H groups in total. The highest BCUT2D eigenvalue weighted by molar-refractivity contribution is 5.93. The van der Waals surface area contributed by atoms with E-state index >= 15 is 0 Å². The Morgan fingerprint density at radius 1 is 1.10 bits per heavy atom. The number of hydrogen-bond donors (Lipinski definition) is 6. The first kappa shape index (κ1) is 26.1. The van der Waals surface area contributed by atoms with E-state index in [2.05, 4.69) is 21.4 Å². The number of unbranched alkanes of at least 4 members (excludes halogenated alkanes) is 2. The predicted octanol–water partition coefficient (Wildman–Crippen LogP) is -2.00. The second-order valence-electron chi connectivity index (χ2n) is 7.01. The van der Waals surface area contributed by atoms with Crippen molar-refractivity contribution in [2.75, 3.05) is 19.6 Å². The van der Waals surface area contributed by atoms with Crippen LogP contribution in [-0.4, -0.2) is 71.0 Å². The highest BCUT2D eigenvalue weighted by Crippen LogP contribution is 2.09. The van der Waals surface area contributed by atoms with E-state index in [-0.39, 0.29) is 18.0 Å². The van der Waals surface area contributed by atoms with Crippen molar-refractivity contribution >= 4 is 23.8 Å². The van der Waals surface area contributed by atoms with Gasteiger partial charge in [-0.1, -0.05) is 6.42 Å². The van der Waals surface area contributed by atoms with E-state index in [1.165, 1.54) is 0 Å². The van der Waals surface area contributed by atoms with Gasteiger partial charge in [0.1, 0.15) is 0 Å². The maximum Gasteiger partial charge on any atom is 0.328 e. The van der Waals surface area contributed by atoms with E-state index in [9.17, 15) is 29.5 Å². The van der Waals surface area contributed by atoms with Crippen LogP contribution in [0.5, 0.6) is 0 Å². The van der Waals surface area contributed by atoms with Gasteiger partial charge in [0.2, 0.25) is 11.8 Å². The van der Waals surface area contributed by atoms with Crippen molar-refractivity contribution < 1.29 is 34.6 Å². The fourth-order valence-corrected chi connectivity index (χ4v) is 2.92. The topological polar surface area (TPSA) is 183 Å². The number of hydrazine groups is 1. The normalized spacial score (nSPS) is 18.8. The number of rotatable bonds is 15. The molecule has 1 fully saturated rings. The SMILES string of the molecule is O=C([O-])/C=C/N(O)NCCCCC1NCC(CCCCNC(=O)/C=C/C(=O)O)NC1=O. The smallest absolute Gasteiger partial charge is 0.328 e. The predicted molar refractivity (Wildman–Crippen MR) is 107 cm³/mol. The minimum atomic E-state index is -1.41. The molecule has 2 amide bonds. The van der Waals surface area contributed by atoms with Gasteiger partial charge in [-0.15, -0.1) is 0 Å². The Morgan fingerprint density at radius 3 is 2.48 bits per heavy atom. The average molecular weight is 440 g/mol. The number of aliphatic carboxylic acids is 2. The summed E-state index contributed by atoms with van der Waals surface area (Å²) in [6, 6.07) is -0.258. The quantitative estimate of drug-likeness (QED) is 0.0946. The molecule has 1 saturated heterocycles. The largest absolute Gasteiger partial charge is 0.545 e. The van der Waals surface area contributed by atoms with Gasteiger partial charge in [0.05, 0.1) is 12.0 Å². The molecule has 0 radical (unpaired) electrons. The molecule has 0 saturated carbocycles. The van der Waals surface area contributed by atoms with E-state index in [1.807, 2.05) is 0 Å². The second kappa shape index (κ2) is 14.9. The molecule has 174 valence electrons. The number of carbonyl (C=O) groups excluding carboxylic acids is 3. The van der Waals surface area contributed by atoms with Gasteiger partial charge in [0.25, 0.3) is 0 Å². The second-order valence-corrected chi connectivity index (χ2v) is 7.01. The van der Waals surface area contributed by atoms with Crippen LogP contribution in [-0.2, 0) is 19.2 Å². The fraction of sp³-hybridized carbons (Fsp3) is 0.579. The molecule has 0 aromatic rings. The van der Waals surface area contributed by atoms with Gasteiger partial charge < -0.3 is 31.0 Å². The molecule has 1 rings (SSSR count). The van der Waals surface area contributed by atoms with Crippen LogP contribution in [0.25, 0.3) is 0 Å². The van der Waals surface area contributed by atoms with Gasteiger partial charge in [0, 0.05) is 44.0 Å². The van der Waals surface area contributed by atoms with Crippen LogP contribution in [0.4, 0.5) is 0 Å². The molecular formula is C19H30N5O7-. The minimum absolute atomic E-state index is 0.0199. The van der Waals surface area contributed by atoms with Gasteiger partial charge in [-0.25, -0.2) is 10.2 Å². The molecule has 31 heavy (non-hydrogen) atoms. The minimum Gasteiger partial charge on any atom is -0.545 e. The Bertz CT molecular complexity index is 668. The maximum atomic E-state index is 12.2. The first-order valence-corrected chi connectivity index (χ1v) is 10.1. The Morgan fingerprint density at radius 2 is 1.81 bits per heavy atom. The molecule has 2 unspecified atom stereocenters. The molecule has 0 aromatic carbocycles. The molecule has 0 spiro atoms. The summed E-state index contributed by atoms with van der Waals surface area (Å²) in [4.78, 5) is 44.1. The van der Waals surface area contributed by atoms with E-state index < -0.39 is 17.8 Å². The van der Waals surface area contributed by atoms with Crippen molar-refractivity contribution in [1.29, 1.82) is 0 Å². The maximum absolute atomic E-state index is 12.2. The summed E-state index contributed by atoms with van der Waals surface area (Å²) in [6.45, 7) is 1.50. The summed E-state index contributed by atoms with van der Waals surface area (Å²) in [5.41, 5.74) is 2.58. The van der Waals surface area contributed by atoms with E-state index in [1.54, 1.807) is 0 Å². The summed E-state index contributed by atoms with van der Waals surface area (Å²) in [5, 5.41) is 37.3. The lowest BCUT2D eigenvalue weighted by Gasteiger charge is -2.30. The van der Waals surface area contributed by atoms with Crippen molar-refractivity contribution in [3.05, 3.63) is 24.4 Å². The van der Waals surface area contributed by atoms with E-state index in [4.69, 9.17) is 5.11 Å². The Kier molecular flexibility index (Phi) is 12.6. The summed E-state index contributed by atoms with van der Waals surface area (Å²) >= 11 is 0. The molecule has 12 nitrogen and oxygen atoms in total. The van der Waals surface area contributed by atoms with Crippen LogP contribution in [0.2, 0.25) is 0 Å². The van der Waals surface area contributed by atoms with Gasteiger partial charge >= 0.3 is 5.97 Å². The first-order valence-electron chi connectivity index (χ1n) is 10.1. The van der Waals surface area contributed by atoms with Crippen molar-refractivity contribution in [3.8, 4) is 0 Å². The van der Waals surface area contributed by atoms with Gasteiger partial charge in [-0.3, -0.25) is 14.8 Å². The summed E-state index contributed by atoms with van der Waals surface area (Å²) in [7, 11) is 0. The average Bonchev–Trinajstić information content (AvgIpc) is 2.71. The number of carbonyl (C=O) groups is 4. The number of carboxylic acids is 2. The number of nitrogens with zero attached hydrogens (tertiary/aromatic N) is 1. The van der Waals surface area contributed by atoms with Crippen molar-refractivity contribution in [1.82, 2.24) is 26.5 Å². The zero-order valence-electron chi connectivity index (χ0n) is 17.2. The number of carboxylic acid groups (broad SMARTS) is 2. The Labute approximate surface area is 180 Å². The highest BCUT2D eigenvalue weighted by atomic mass is 16.5. The van der Waals surface area contributed by atoms with Crippen molar-refractivity contribution in [2.45, 2.75) is 50.6 Å². The zero-order chi connectivity index (χ0) is 23.1. The van der Waals surface area contributed by atoms with Crippen molar-refractivity contribution in [2.24, 2.45) is 0 Å². The molecule has 0 aromatic heterocycles. The van der Waals surface area contributed by atoms with Gasteiger partial charge in [0.15, 0.2) is 0 Å². The molecule has 1 aliphatic heterocycles. The monoisotopic (exact) mass is 440 g/mol. The number of piperazine rings is 1. The van der Waals surface area contributed by atoms with Gasteiger partial charge in [-0.05, 0) is 38.2 Å². The van der Waals surface area contributed by atoms with Crippen molar-refractivity contribution in [3.63, 3.8) is 0 Å². The third kappa shape index (κ3) is 13.1. The van der Waals surface area contributed by atoms with Crippen LogP contribution < -0.4 is 26.5 Å². The Balaban J connectivity index is 2.09. The van der Waals surface area contributed by atoms with E-state index in [0.717, 1.165) is 44.0 Å². The third-order valence-corrected chi connectivity index (χ3v) is 4.47. The fourth-order valence-electron chi connectivity index (χ4n) is 2.92. The van der Waals surface area contributed by atoms with E-state index in [0.29, 0.717) is 43.7 Å². The van der Waals surface area contributed by atoms with Crippen LogP contribution in [0, 0.1) is 0 Å². The molecule has 12 heteroatoms. The van der Waals surface area contributed by atoms with Crippen LogP contribution >= 0.6 is 0 Å². The lowest BCUT2D eigenvalue weighted by Crippen LogP contribution is -2.58. The van der Waals surface area contributed by atoms with Crippen LogP contribution in [0.15, 0.2) is 24.4 Å². The summed E-state index contributed by atoms with van der Waals surface area (Å²) in [5.74, 6) is -3.10. The molecule has 0 bridgehead atoms. The third-order valence-electron chi connectivity index (χ3n) is 4.47. The highest BCUT2D eigenvalue weighted by Gasteiger charge is 2.26. The molecule has 0 aliphatic carbocycles. The standard InChI is InChI=1S/C19H31N5O7/c25-16(7-8-17(26)27)20-10-3-1-5-14-13-21-15(19(30)23-14)6-2-4-11-22-24(31)12-9-18(28)29/h7-9,12,14-15,21-22,31H,1-6,10-11,13H2,(H,20,25)(H,23,30)(H,26,27)(H,28,29)/p-1/b8-7+,12-9+. The number of hydrogen-bond acceptors (Lipinski definition) is 9. The van der Waals surface area contributed by atoms with Gasteiger partial charge in [-0.2, -0.15) is 5.17 Å². The Hall–Kier alpha value is -2.96. The van der Waals surface area contributed by atoms with Crippen LogP contribution in [0.3, 0.4) is 0 Å². The number of nitrogens with one attached hydrogen (secondary N) is 4. The lowest BCUT2D eigenvalue weighted by atomic mass is 10.0. The number of amides is 2. The summed E-state index contributed by atoms with van der Waals surface area (Å²) in [6.07, 6.45) is 7.70. The molecule has 2 atom stereocenters. The first-order chi connectivity index (χ1) is 14.8. The lowest BCUT2D eigenvalue weighted by molar-refractivity contribution is -0.297. The molecule has 1 heterocycles. The molecular weight excluding hydrogens is 410 g/mol.